The molecule has 0 bridgehead atoms. The van der Waals surface area contributed by atoms with Crippen LogP contribution in [0.15, 0.2) is 53.3 Å². The van der Waals surface area contributed by atoms with Gasteiger partial charge in [-0.05, 0) is 24.0 Å². The molecule has 3 aliphatic carbocycles. The Bertz CT molecular complexity index is 1520. The van der Waals surface area contributed by atoms with E-state index in [0.717, 1.165) is 0 Å². The Morgan fingerprint density at radius 3 is 2.24 bits per heavy atom. The highest BCUT2D eigenvalue weighted by Gasteiger charge is 2.64. The van der Waals surface area contributed by atoms with Gasteiger partial charge in [-0.3, -0.25) is 19.2 Å². The lowest BCUT2D eigenvalue weighted by Crippen LogP contribution is -2.63. The number of rotatable bonds is 3. The van der Waals surface area contributed by atoms with Crippen LogP contribution in [-0.4, -0.2) is 60.5 Å². The third-order valence-corrected chi connectivity index (χ3v) is 8.10. The maximum atomic E-state index is 13.7. The van der Waals surface area contributed by atoms with E-state index < -0.39 is 76.0 Å². The number of phenols is 1. The summed E-state index contributed by atoms with van der Waals surface area (Å²) in [7, 11) is 0. The molecule has 7 N–H and O–H groups in total. The third-order valence-electron chi connectivity index (χ3n) is 8.10. The van der Waals surface area contributed by atoms with Gasteiger partial charge in [0.1, 0.15) is 22.8 Å². The average molecular weight is 520 g/mol. The highest BCUT2D eigenvalue weighted by molar-refractivity contribution is 6.23. The number of hydrogen-bond donors (Lipinski definition) is 6. The number of nitrogens with two attached hydrogens (primary N) is 1. The average Bonchev–Trinajstić information content (AvgIpc) is 2.86. The Hall–Kier alpha value is -4.28. The normalized spacial score (nSPS) is 28.5. The molecule has 0 aliphatic heterocycles. The van der Waals surface area contributed by atoms with Crippen molar-refractivity contribution >= 4 is 29.0 Å². The Morgan fingerprint density at radius 1 is 1.03 bits per heavy atom. The van der Waals surface area contributed by atoms with E-state index >= 15 is 0 Å². The quantitative estimate of drug-likeness (QED) is 0.259. The minimum absolute atomic E-state index is 0.0926. The zero-order valence-electron chi connectivity index (χ0n) is 20.4. The zero-order chi connectivity index (χ0) is 27.8. The highest BCUT2D eigenvalue weighted by atomic mass is 16.4. The van der Waals surface area contributed by atoms with E-state index in [0.29, 0.717) is 22.3 Å². The fourth-order valence-electron chi connectivity index (χ4n) is 6.12. The van der Waals surface area contributed by atoms with Crippen molar-refractivity contribution in [1.29, 1.82) is 0 Å². The largest absolute Gasteiger partial charge is 0.508 e. The van der Waals surface area contributed by atoms with Gasteiger partial charge in [0, 0.05) is 35.0 Å². The second kappa shape index (κ2) is 8.37. The fourth-order valence-corrected chi connectivity index (χ4v) is 6.12. The molecule has 10 heteroatoms. The second-order valence-electron chi connectivity index (χ2n) is 10.0. The number of benzene rings is 2. The summed E-state index contributed by atoms with van der Waals surface area (Å²) < 4.78 is 0. The molecule has 0 unspecified atom stereocenters. The van der Waals surface area contributed by atoms with Gasteiger partial charge in [-0.15, -0.1) is 0 Å². The van der Waals surface area contributed by atoms with Crippen molar-refractivity contribution in [2.24, 2.45) is 17.6 Å². The molecular formula is C28H25NO9. The standard InChI is InChI=1S/C28H25NO9/c1-10-14-7-8-15(13-5-3-12(4-6-13)11(2)30)22(32)19(14)24(34)21-18(10)23(33)16-9-17(31)20(27(29)37)25(35)28(16,38)26(21)36/h3-8,10,16,18,23,32-35,38H,9H2,1-2H3,(H2,29,37)/t10-,16+,18+,23+,28+/m0/s1. The lowest BCUT2D eigenvalue weighted by molar-refractivity contribution is -0.160. The molecule has 0 radical (unpaired) electrons. The number of carbonyl (C=O) groups excluding carboxylic acids is 4. The van der Waals surface area contributed by atoms with Gasteiger partial charge in [0.2, 0.25) is 5.78 Å². The van der Waals surface area contributed by atoms with Gasteiger partial charge in [0.25, 0.3) is 5.91 Å². The van der Waals surface area contributed by atoms with Gasteiger partial charge in [0.05, 0.1) is 11.7 Å². The van der Waals surface area contributed by atoms with Crippen molar-refractivity contribution in [3.8, 4) is 16.9 Å². The van der Waals surface area contributed by atoms with Crippen molar-refractivity contribution < 1.29 is 44.7 Å². The lowest BCUT2D eigenvalue weighted by Gasteiger charge is -2.50. The number of hydrogen-bond acceptors (Lipinski definition) is 9. The van der Waals surface area contributed by atoms with Crippen molar-refractivity contribution in [2.75, 3.05) is 0 Å². The first kappa shape index (κ1) is 25.4. The van der Waals surface area contributed by atoms with Gasteiger partial charge in [-0.2, -0.15) is 0 Å². The van der Waals surface area contributed by atoms with E-state index in [1.807, 2.05) is 0 Å². The van der Waals surface area contributed by atoms with E-state index in [1.54, 1.807) is 43.3 Å². The van der Waals surface area contributed by atoms with Crippen LogP contribution in [0.5, 0.6) is 5.75 Å². The minimum atomic E-state index is -2.88. The van der Waals surface area contributed by atoms with Gasteiger partial charge in [-0.25, -0.2) is 0 Å². The van der Waals surface area contributed by atoms with Gasteiger partial charge in [-0.1, -0.05) is 43.3 Å². The number of phenolic OH excluding ortho intramolecular Hbond substituents is 1. The van der Waals surface area contributed by atoms with Gasteiger partial charge < -0.3 is 31.3 Å². The number of carbonyl (C=O) groups is 4. The molecule has 196 valence electrons. The summed E-state index contributed by atoms with van der Waals surface area (Å²) >= 11 is 0. The molecule has 5 atom stereocenters. The molecular weight excluding hydrogens is 494 g/mol. The molecule has 0 saturated heterocycles. The molecule has 0 heterocycles. The van der Waals surface area contributed by atoms with E-state index in [1.165, 1.54) is 6.92 Å². The van der Waals surface area contributed by atoms with Crippen LogP contribution < -0.4 is 5.73 Å². The topological polar surface area (TPSA) is 195 Å². The number of aromatic hydroxyl groups is 1. The SMILES string of the molecule is CC(=O)c1ccc(-c2ccc3c(c2O)C(O)=C2C(=O)[C@]4(O)C(O)=C(C(N)=O)C(=O)C[C@@H]4[C@@H](O)[C@@H]2[C@H]3C)cc1. The second-order valence-corrected chi connectivity index (χ2v) is 10.0. The first-order valence-corrected chi connectivity index (χ1v) is 11.9. The summed E-state index contributed by atoms with van der Waals surface area (Å²) in [6, 6.07) is 9.64. The molecule has 0 spiro atoms. The molecule has 2 aromatic rings. The summed E-state index contributed by atoms with van der Waals surface area (Å²) in [5, 5.41) is 55.9. The number of amides is 1. The molecule has 1 amide bonds. The number of primary amides is 1. The van der Waals surface area contributed by atoms with Gasteiger partial charge >= 0.3 is 0 Å². The van der Waals surface area contributed by atoms with Crippen LogP contribution in [0.3, 0.4) is 0 Å². The predicted molar refractivity (Wildman–Crippen MR) is 133 cm³/mol. The zero-order valence-corrected chi connectivity index (χ0v) is 20.4. The smallest absolute Gasteiger partial charge is 0.255 e. The van der Waals surface area contributed by atoms with E-state index in [2.05, 4.69) is 0 Å². The number of aliphatic hydroxyl groups excluding tert-OH is 3. The van der Waals surface area contributed by atoms with Crippen LogP contribution >= 0.6 is 0 Å². The van der Waals surface area contributed by atoms with Crippen molar-refractivity contribution in [3.05, 3.63) is 70.0 Å². The first-order chi connectivity index (χ1) is 17.8. The molecule has 5 rings (SSSR count). The van der Waals surface area contributed by atoms with Crippen LogP contribution in [0.1, 0.15) is 47.7 Å². The van der Waals surface area contributed by atoms with E-state index in [-0.39, 0.29) is 17.1 Å². The first-order valence-electron chi connectivity index (χ1n) is 11.9. The van der Waals surface area contributed by atoms with Crippen LogP contribution in [0.25, 0.3) is 16.9 Å². The number of aliphatic hydroxyl groups is 4. The van der Waals surface area contributed by atoms with Crippen molar-refractivity contribution in [3.63, 3.8) is 0 Å². The van der Waals surface area contributed by atoms with Crippen LogP contribution in [0.4, 0.5) is 0 Å². The molecule has 3 aliphatic rings. The predicted octanol–water partition coefficient (Wildman–Crippen LogP) is 1.83. The summed E-state index contributed by atoms with van der Waals surface area (Å²) in [5.74, 6) is -9.20. The Labute approximate surface area is 216 Å². The van der Waals surface area contributed by atoms with E-state index in [9.17, 15) is 44.7 Å². The maximum Gasteiger partial charge on any atom is 0.255 e. The van der Waals surface area contributed by atoms with Crippen LogP contribution in [0.2, 0.25) is 0 Å². The Balaban J connectivity index is 1.71. The molecule has 1 saturated carbocycles. The van der Waals surface area contributed by atoms with E-state index in [4.69, 9.17) is 5.73 Å². The fraction of sp³-hybridized carbons (Fsp3) is 0.286. The molecule has 10 nitrogen and oxygen atoms in total. The maximum absolute atomic E-state index is 13.7. The van der Waals surface area contributed by atoms with Crippen LogP contribution in [0, 0.1) is 11.8 Å². The summed E-state index contributed by atoms with van der Waals surface area (Å²) in [6.07, 6.45) is -2.21. The number of Topliss-reactive ketones (excluding diaryl/α,β-unsaturated/α-hetero) is 3. The summed E-state index contributed by atoms with van der Waals surface area (Å²) in [4.78, 5) is 49.7. The molecule has 0 aromatic heterocycles. The number of ketones is 3. The minimum Gasteiger partial charge on any atom is -0.508 e. The summed E-state index contributed by atoms with van der Waals surface area (Å²) in [6.45, 7) is 3.08. The number of fused-ring (bicyclic) bond motifs is 3. The third kappa shape index (κ3) is 3.20. The lowest BCUT2D eigenvalue weighted by atomic mass is 9.55. The monoisotopic (exact) mass is 519 g/mol. The summed E-state index contributed by atoms with van der Waals surface area (Å²) in [5.41, 5.74) is 2.52. The molecule has 1 fully saturated rings. The molecule has 2 aromatic carbocycles. The van der Waals surface area contributed by atoms with Crippen molar-refractivity contribution in [2.45, 2.75) is 37.9 Å². The van der Waals surface area contributed by atoms with Crippen LogP contribution in [-0.2, 0) is 14.4 Å². The highest BCUT2D eigenvalue weighted by Crippen LogP contribution is 2.56. The molecule has 38 heavy (non-hydrogen) atoms. The Kier molecular flexibility index (Phi) is 5.59. The van der Waals surface area contributed by atoms with Gasteiger partial charge in [0.15, 0.2) is 17.2 Å². The Morgan fingerprint density at radius 2 is 1.66 bits per heavy atom. The van der Waals surface area contributed by atoms with Crippen molar-refractivity contribution in [1.82, 2.24) is 0 Å².